The smallest absolute Gasteiger partial charge is 0.280 e. The van der Waals surface area contributed by atoms with Crippen LogP contribution in [-0.4, -0.2) is 36.8 Å². The lowest BCUT2D eigenvalue weighted by molar-refractivity contribution is 0.0953. The summed E-state index contributed by atoms with van der Waals surface area (Å²) >= 11 is 5.77. The number of carbonyl (C=O) groups is 1. The molecule has 0 bridgehead atoms. The van der Waals surface area contributed by atoms with E-state index in [0.29, 0.717) is 30.2 Å². The van der Waals surface area contributed by atoms with E-state index in [4.69, 9.17) is 11.6 Å². The number of hydrogen-bond donors (Lipinski definition) is 1. The van der Waals surface area contributed by atoms with Gasteiger partial charge in [0.2, 0.25) is 0 Å². The summed E-state index contributed by atoms with van der Waals surface area (Å²) in [5.41, 5.74) is 0.379. The average Bonchev–Trinajstić information content (AvgIpc) is 3.16. The Balaban J connectivity index is 1.68. The molecule has 0 aromatic carbocycles. The number of rotatable bonds is 6. The van der Waals surface area contributed by atoms with Crippen LogP contribution >= 0.6 is 11.6 Å². The predicted molar refractivity (Wildman–Crippen MR) is 86.9 cm³/mol. The molecule has 0 aliphatic rings. The summed E-state index contributed by atoms with van der Waals surface area (Å²) in [6.45, 7) is 2.57. The summed E-state index contributed by atoms with van der Waals surface area (Å²) in [5, 5.41) is 11.2. The molecule has 3 heterocycles. The first-order valence-electron chi connectivity index (χ1n) is 7.55. The van der Waals surface area contributed by atoms with Gasteiger partial charge in [-0.05, 0) is 19.4 Å². The van der Waals surface area contributed by atoms with Crippen molar-refractivity contribution in [3.8, 4) is 0 Å². The number of aromatic nitrogens is 5. The molecule has 0 saturated carbocycles. The van der Waals surface area contributed by atoms with Gasteiger partial charge in [0.25, 0.3) is 12.3 Å². The van der Waals surface area contributed by atoms with Crippen LogP contribution in [0.2, 0.25) is 5.02 Å². The van der Waals surface area contributed by atoms with Gasteiger partial charge in [-0.2, -0.15) is 10.2 Å². The molecular weight excluding hydrogens is 354 g/mol. The van der Waals surface area contributed by atoms with E-state index in [2.05, 4.69) is 20.5 Å². The first kappa shape index (κ1) is 17.3. The Morgan fingerprint density at radius 3 is 2.84 bits per heavy atom. The highest BCUT2D eigenvalue weighted by Crippen LogP contribution is 2.21. The first-order chi connectivity index (χ1) is 12.0. The van der Waals surface area contributed by atoms with Crippen LogP contribution in [0.15, 0.2) is 24.7 Å². The van der Waals surface area contributed by atoms with Crippen molar-refractivity contribution >= 4 is 23.2 Å². The number of carbonyl (C=O) groups excluding carboxylic acids is 1. The molecule has 0 atom stereocenters. The lowest BCUT2D eigenvalue weighted by atomic mass is 10.3. The van der Waals surface area contributed by atoms with Gasteiger partial charge < -0.3 is 5.32 Å². The fourth-order valence-electron chi connectivity index (χ4n) is 2.43. The maximum absolute atomic E-state index is 13.1. The lowest BCUT2D eigenvalue weighted by Crippen LogP contribution is -2.25. The Morgan fingerprint density at radius 2 is 2.16 bits per heavy atom. The van der Waals surface area contributed by atoms with Crippen molar-refractivity contribution in [2.45, 2.75) is 26.3 Å². The number of nitrogens with zero attached hydrogens (tertiary/aromatic N) is 5. The summed E-state index contributed by atoms with van der Waals surface area (Å²) in [5.74, 6) is -0.410. The van der Waals surface area contributed by atoms with Crippen molar-refractivity contribution in [1.29, 1.82) is 0 Å². The number of nitrogens with one attached hydrogen (secondary N) is 1. The number of alkyl halides is 2. The van der Waals surface area contributed by atoms with Crippen molar-refractivity contribution in [2.75, 3.05) is 6.54 Å². The maximum Gasteiger partial charge on any atom is 0.280 e. The van der Waals surface area contributed by atoms with Gasteiger partial charge in [-0.25, -0.2) is 18.3 Å². The van der Waals surface area contributed by atoms with Crippen LogP contribution in [0.1, 0.15) is 34.6 Å². The topological polar surface area (TPSA) is 77.1 Å². The van der Waals surface area contributed by atoms with Gasteiger partial charge in [0, 0.05) is 25.0 Å². The fourth-order valence-corrected chi connectivity index (χ4v) is 2.58. The van der Waals surface area contributed by atoms with Crippen molar-refractivity contribution < 1.29 is 13.6 Å². The molecule has 3 rings (SSSR count). The van der Waals surface area contributed by atoms with Gasteiger partial charge in [-0.1, -0.05) is 11.6 Å². The molecule has 0 aliphatic carbocycles. The maximum atomic E-state index is 13.1. The van der Waals surface area contributed by atoms with Gasteiger partial charge in [-0.15, -0.1) is 0 Å². The largest absolute Gasteiger partial charge is 0.352 e. The monoisotopic (exact) mass is 368 g/mol. The Hall–Kier alpha value is -2.55. The third kappa shape index (κ3) is 3.76. The zero-order valence-electron chi connectivity index (χ0n) is 13.3. The zero-order chi connectivity index (χ0) is 18.0. The van der Waals surface area contributed by atoms with Gasteiger partial charge >= 0.3 is 0 Å². The number of hydrogen-bond acceptors (Lipinski definition) is 4. The first-order valence-corrected chi connectivity index (χ1v) is 7.93. The predicted octanol–water partition coefficient (Wildman–Crippen LogP) is 2.65. The Morgan fingerprint density at radius 1 is 1.36 bits per heavy atom. The lowest BCUT2D eigenvalue weighted by Gasteiger charge is -2.06. The second kappa shape index (κ2) is 7.14. The van der Waals surface area contributed by atoms with E-state index in [-0.39, 0.29) is 16.9 Å². The highest BCUT2D eigenvalue weighted by molar-refractivity contribution is 6.30. The number of halogens is 3. The van der Waals surface area contributed by atoms with Gasteiger partial charge in [0.1, 0.15) is 11.3 Å². The van der Waals surface area contributed by atoms with E-state index in [0.717, 1.165) is 4.52 Å². The molecule has 3 aromatic heterocycles. The van der Waals surface area contributed by atoms with Gasteiger partial charge in [0.05, 0.1) is 17.4 Å². The van der Waals surface area contributed by atoms with E-state index in [9.17, 15) is 13.6 Å². The van der Waals surface area contributed by atoms with Crippen LogP contribution in [0.25, 0.3) is 5.65 Å². The summed E-state index contributed by atoms with van der Waals surface area (Å²) < 4.78 is 28.9. The molecule has 0 aliphatic heterocycles. The molecule has 0 spiro atoms. The third-order valence-electron chi connectivity index (χ3n) is 3.55. The van der Waals surface area contributed by atoms with Crippen LogP contribution < -0.4 is 5.32 Å². The molecule has 0 fully saturated rings. The molecule has 3 aromatic rings. The summed E-state index contributed by atoms with van der Waals surface area (Å²) in [6, 6.07) is 1.25. The summed E-state index contributed by atoms with van der Waals surface area (Å²) in [6.07, 6.45) is 2.40. The second-order valence-electron chi connectivity index (χ2n) is 5.45. The van der Waals surface area contributed by atoms with Crippen LogP contribution in [0.5, 0.6) is 0 Å². The Labute approximate surface area is 146 Å². The molecule has 1 amide bonds. The molecule has 1 N–H and O–H groups in total. The van der Waals surface area contributed by atoms with E-state index >= 15 is 0 Å². The van der Waals surface area contributed by atoms with Crippen molar-refractivity contribution in [1.82, 2.24) is 29.7 Å². The molecule has 25 heavy (non-hydrogen) atoms. The third-order valence-corrected chi connectivity index (χ3v) is 3.74. The zero-order valence-corrected chi connectivity index (χ0v) is 14.0. The minimum Gasteiger partial charge on any atom is -0.352 e. The normalized spacial score (nSPS) is 11.4. The quantitative estimate of drug-likeness (QED) is 0.678. The van der Waals surface area contributed by atoms with E-state index in [1.807, 2.05) is 0 Å². The van der Waals surface area contributed by atoms with E-state index in [1.165, 1.54) is 18.5 Å². The molecule has 0 radical (unpaired) electrons. The fraction of sp³-hybridized carbons (Fsp3) is 0.333. The molecule has 7 nitrogen and oxygen atoms in total. The molecular formula is C15H15ClF2N6O. The number of amides is 1. The van der Waals surface area contributed by atoms with Gasteiger partial charge in [0.15, 0.2) is 5.65 Å². The SMILES string of the molecule is Cc1cc(C(F)F)n2ncc(C(=O)NCCCn3cc(Cl)cn3)c2n1. The van der Waals surface area contributed by atoms with Crippen molar-refractivity contribution in [3.63, 3.8) is 0 Å². The second-order valence-corrected chi connectivity index (χ2v) is 5.88. The van der Waals surface area contributed by atoms with E-state index < -0.39 is 12.3 Å². The summed E-state index contributed by atoms with van der Waals surface area (Å²) in [7, 11) is 0. The van der Waals surface area contributed by atoms with E-state index in [1.54, 1.807) is 17.8 Å². The average molecular weight is 369 g/mol. The van der Waals surface area contributed by atoms with Crippen LogP contribution in [0.3, 0.4) is 0 Å². The molecule has 0 unspecified atom stereocenters. The van der Waals surface area contributed by atoms with Crippen LogP contribution in [0, 0.1) is 6.92 Å². The minimum atomic E-state index is -2.71. The summed E-state index contributed by atoms with van der Waals surface area (Å²) in [4.78, 5) is 16.4. The Bertz CT molecular complexity index is 907. The molecule has 0 saturated heterocycles. The van der Waals surface area contributed by atoms with Crippen molar-refractivity contribution in [3.05, 3.63) is 46.6 Å². The number of aryl methyl sites for hydroxylation is 2. The van der Waals surface area contributed by atoms with Gasteiger partial charge in [-0.3, -0.25) is 9.48 Å². The molecule has 132 valence electrons. The minimum absolute atomic E-state index is 0.117. The highest BCUT2D eigenvalue weighted by atomic mass is 35.5. The van der Waals surface area contributed by atoms with Crippen LogP contribution in [-0.2, 0) is 6.54 Å². The Kier molecular flexibility index (Phi) is 4.93. The van der Waals surface area contributed by atoms with Crippen LogP contribution in [0.4, 0.5) is 8.78 Å². The standard InChI is InChI=1S/C15H15ClF2N6O/c1-9-5-12(13(17)18)24-14(22-9)11(7-21-24)15(25)19-3-2-4-23-8-10(16)6-20-23/h5-8,13H,2-4H2,1H3,(H,19,25). The molecule has 10 heteroatoms. The highest BCUT2D eigenvalue weighted by Gasteiger charge is 2.19. The number of fused-ring (bicyclic) bond motifs is 1. The van der Waals surface area contributed by atoms with Crippen molar-refractivity contribution in [2.24, 2.45) is 0 Å².